The zero-order valence-corrected chi connectivity index (χ0v) is 13.8. The lowest BCUT2D eigenvalue weighted by Gasteiger charge is -2.18. The van der Waals surface area contributed by atoms with Gasteiger partial charge in [-0.1, -0.05) is 0 Å². The van der Waals surface area contributed by atoms with Gasteiger partial charge in [0.15, 0.2) is 12.5 Å². The summed E-state index contributed by atoms with van der Waals surface area (Å²) in [5.74, 6) is 0.465. The minimum absolute atomic E-state index is 0.0521. The molecule has 1 fully saturated rings. The smallest absolute Gasteiger partial charge is 0.336 e. The van der Waals surface area contributed by atoms with Crippen LogP contribution in [-0.4, -0.2) is 55.1 Å². The summed E-state index contributed by atoms with van der Waals surface area (Å²) in [6.45, 7) is 0.0521. The van der Waals surface area contributed by atoms with Gasteiger partial charge in [0.2, 0.25) is 0 Å². The van der Waals surface area contributed by atoms with E-state index in [0.29, 0.717) is 17.0 Å². The van der Waals surface area contributed by atoms with Gasteiger partial charge in [0, 0.05) is 17.5 Å². The zero-order valence-electron chi connectivity index (χ0n) is 13.8. The van der Waals surface area contributed by atoms with Gasteiger partial charge >= 0.3 is 5.63 Å². The van der Waals surface area contributed by atoms with Crippen molar-refractivity contribution in [2.24, 2.45) is 0 Å². The van der Waals surface area contributed by atoms with Crippen molar-refractivity contribution in [3.8, 4) is 5.75 Å². The van der Waals surface area contributed by atoms with E-state index >= 15 is 0 Å². The highest BCUT2D eigenvalue weighted by atomic mass is 16.7. The Hall–Kier alpha value is -2.99. The highest BCUT2D eigenvalue weighted by Crippen LogP contribution is 2.21. The summed E-state index contributed by atoms with van der Waals surface area (Å²) in [5.41, 5.74) is 3.11. The Morgan fingerprint density at radius 2 is 2.00 bits per heavy atom. The van der Waals surface area contributed by atoms with E-state index < -0.39 is 30.4 Å². The van der Waals surface area contributed by atoms with Crippen molar-refractivity contribution in [2.45, 2.75) is 31.3 Å². The molecule has 4 atom stereocenters. The summed E-state index contributed by atoms with van der Waals surface area (Å²) in [5, 5.41) is 37.1. The number of fused-ring (bicyclic) bond motifs is 1. The predicted molar refractivity (Wildman–Crippen MR) is 89.1 cm³/mol. The Morgan fingerprint density at radius 1 is 1.19 bits per heavy atom. The first-order valence-corrected chi connectivity index (χ1v) is 8.04. The highest BCUT2D eigenvalue weighted by molar-refractivity contribution is 5.77. The van der Waals surface area contributed by atoms with E-state index in [0.717, 1.165) is 5.39 Å². The molecule has 0 spiro atoms. The van der Waals surface area contributed by atoms with Gasteiger partial charge in [-0.25, -0.2) is 4.79 Å². The molecule has 4 unspecified atom stereocenters. The van der Waals surface area contributed by atoms with Crippen molar-refractivity contribution in [3.63, 3.8) is 0 Å². The summed E-state index contributed by atoms with van der Waals surface area (Å²) in [6, 6.07) is 8.07. The Bertz CT molecular complexity index is 1000. The van der Waals surface area contributed by atoms with Crippen LogP contribution >= 0.6 is 0 Å². The van der Waals surface area contributed by atoms with Crippen LogP contribution in [0.4, 0.5) is 0 Å². The standard InChI is InChI=1S/C16H16N4O7/c21-12-4-2-8-1-3-10(5-11(8)26-12)25-7-9-6-17-19-20(9)18-15-13(22)14(23)16(24)27-15/h1-6,13-16,18,22-24H,7H2. The van der Waals surface area contributed by atoms with Gasteiger partial charge in [-0.2, -0.15) is 4.79 Å². The van der Waals surface area contributed by atoms with E-state index in [9.17, 15) is 20.1 Å². The molecule has 0 amide bonds. The number of benzene rings is 1. The number of nitrogens with zero attached hydrogens (tertiary/aromatic N) is 3. The average Bonchev–Trinajstić information content (AvgIpc) is 3.20. The molecule has 11 nitrogen and oxygen atoms in total. The number of aliphatic hydroxyl groups excluding tert-OH is 3. The fourth-order valence-electron chi connectivity index (χ4n) is 2.64. The lowest BCUT2D eigenvalue weighted by atomic mass is 10.2. The van der Waals surface area contributed by atoms with Crippen LogP contribution in [0.15, 0.2) is 45.7 Å². The molecule has 4 rings (SSSR count). The van der Waals surface area contributed by atoms with E-state index in [4.69, 9.17) is 13.9 Å². The molecule has 11 heteroatoms. The van der Waals surface area contributed by atoms with Gasteiger partial charge < -0.3 is 29.2 Å². The first kappa shape index (κ1) is 17.4. The first-order chi connectivity index (χ1) is 13.0. The minimum atomic E-state index is -1.51. The minimum Gasteiger partial charge on any atom is -0.487 e. The number of ether oxygens (including phenoxy) is 2. The van der Waals surface area contributed by atoms with Crippen LogP contribution in [0.1, 0.15) is 5.69 Å². The third-order valence-electron chi connectivity index (χ3n) is 4.09. The second kappa shape index (κ2) is 6.96. The lowest BCUT2D eigenvalue weighted by Crippen LogP contribution is -2.40. The van der Waals surface area contributed by atoms with Gasteiger partial charge in [-0.05, 0) is 23.4 Å². The molecule has 1 aliphatic rings. The Balaban J connectivity index is 1.45. The van der Waals surface area contributed by atoms with Crippen molar-refractivity contribution in [3.05, 3.63) is 52.6 Å². The molecule has 0 radical (unpaired) electrons. The van der Waals surface area contributed by atoms with E-state index in [2.05, 4.69) is 15.7 Å². The van der Waals surface area contributed by atoms with Gasteiger partial charge in [0.25, 0.3) is 0 Å². The number of hydrogen-bond acceptors (Lipinski definition) is 10. The Morgan fingerprint density at radius 3 is 2.78 bits per heavy atom. The molecule has 3 heterocycles. The number of rotatable bonds is 5. The lowest BCUT2D eigenvalue weighted by molar-refractivity contribution is -0.124. The molecule has 3 aromatic rings. The fourth-order valence-corrected chi connectivity index (χ4v) is 2.64. The van der Waals surface area contributed by atoms with Crippen LogP contribution in [0.2, 0.25) is 0 Å². The topological polar surface area (TPSA) is 152 Å². The summed E-state index contributed by atoms with van der Waals surface area (Å²) in [4.78, 5) is 12.5. The molecule has 1 aliphatic heterocycles. The third-order valence-corrected chi connectivity index (χ3v) is 4.09. The molecular formula is C16H16N4O7. The molecule has 27 heavy (non-hydrogen) atoms. The largest absolute Gasteiger partial charge is 0.487 e. The summed E-state index contributed by atoms with van der Waals surface area (Å²) in [7, 11) is 0. The molecule has 2 aromatic heterocycles. The first-order valence-electron chi connectivity index (χ1n) is 8.04. The number of nitrogens with one attached hydrogen (secondary N) is 1. The van der Waals surface area contributed by atoms with E-state index in [-0.39, 0.29) is 6.61 Å². The predicted octanol–water partition coefficient (Wildman–Crippen LogP) is -1.10. The van der Waals surface area contributed by atoms with E-state index in [1.807, 2.05) is 0 Å². The Labute approximate surface area is 151 Å². The molecule has 1 aromatic carbocycles. The van der Waals surface area contributed by atoms with Crippen molar-refractivity contribution in [1.82, 2.24) is 15.1 Å². The summed E-state index contributed by atoms with van der Waals surface area (Å²) in [6.07, 6.45) is -3.93. The van der Waals surface area contributed by atoms with Crippen LogP contribution in [-0.2, 0) is 11.3 Å². The Kier molecular flexibility index (Phi) is 4.49. The number of aliphatic hydroxyl groups is 3. The second-order valence-corrected chi connectivity index (χ2v) is 5.94. The van der Waals surface area contributed by atoms with Crippen molar-refractivity contribution < 1.29 is 29.2 Å². The van der Waals surface area contributed by atoms with Crippen LogP contribution in [0, 0.1) is 0 Å². The number of aromatic nitrogens is 3. The quantitative estimate of drug-likeness (QED) is 0.404. The average molecular weight is 376 g/mol. The van der Waals surface area contributed by atoms with Gasteiger partial charge in [0.05, 0.1) is 6.20 Å². The fraction of sp³-hybridized carbons (Fsp3) is 0.312. The maximum Gasteiger partial charge on any atom is 0.336 e. The zero-order chi connectivity index (χ0) is 19.0. The van der Waals surface area contributed by atoms with Crippen molar-refractivity contribution in [2.75, 3.05) is 5.43 Å². The number of hydrogen-bond donors (Lipinski definition) is 4. The monoisotopic (exact) mass is 376 g/mol. The van der Waals surface area contributed by atoms with Crippen LogP contribution < -0.4 is 15.8 Å². The van der Waals surface area contributed by atoms with E-state index in [1.165, 1.54) is 17.1 Å². The highest BCUT2D eigenvalue weighted by Gasteiger charge is 2.42. The van der Waals surface area contributed by atoms with Gasteiger partial charge in [-0.15, -0.1) is 5.10 Å². The molecule has 0 aliphatic carbocycles. The second-order valence-electron chi connectivity index (χ2n) is 5.94. The SMILES string of the molecule is O=c1ccc2ccc(OCc3cnnn3NC3OC(O)C(O)C3O)cc2o1. The molecule has 4 N–H and O–H groups in total. The van der Waals surface area contributed by atoms with Gasteiger partial charge in [-0.3, -0.25) is 5.43 Å². The summed E-state index contributed by atoms with van der Waals surface area (Å²) < 4.78 is 15.8. The molecular weight excluding hydrogens is 360 g/mol. The van der Waals surface area contributed by atoms with E-state index in [1.54, 1.807) is 24.3 Å². The van der Waals surface area contributed by atoms with Crippen molar-refractivity contribution in [1.29, 1.82) is 0 Å². The van der Waals surface area contributed by atoms with Crippen LogP contribution in [0.3, 0.4) is 0 Å². The molecule has 142 valence electrons. The third kappa shape index (κ3) is 3.48. The maximum absolute atomic E-state index is 11.3. The van der Waals surface area contributed by atoms with Crippen LogP contribution in [0.25, 0.3) is 11.0 Å². The van der Waals surface area contributed by atoms with Gasteiger partial charge in [0.1, 0.15) is 35.8 Å². The van der Waals surface area contributed by atoms with Crippen molar-refractivity contribution >= 4 is 11.0 Å². The summed E-state index contributed by atoms with van der Waals surface area (Å²) >= 11 is 0. The maximum atomic E-state index is 11.3. The molecule has 0 saturated carbocycles. The normalized spacial score (nSPS) is 25.0. The molecule has 1 saturated heterocycles. The van der Waals surface area contributed by atoms with Crippen LogP contribution in [0.5, 0.6) is 5.75 Å². The molecule has 0 bridgehead atoms.